The van der Waals surface area contributed by atoms with E-state index in [0.717, 1.165) is 101 Å². The number of ether oxygens (including phenoxy) is 3. The van der Waals surface area contributed by atoms with Crippen LogP contribution in [0.4, 0.5) is 11.4 Å². The van der Waals surface area contributed by atoms with Crippen molar-refractivity contribution in [2.75, 3.05) is 44.5 Å². The Labute approximate surface area is 333 Å². The van der Waals surface area contributed by atoms with Crippen LogP contribution in [0, 0.1) is 0 Å². The summed E-state index contributed by atoms with van der Waals surface area (Å²) in [5.41, 5.74) is 7.49. The molecular formula is C45H47ClN4O6. The fourth-order valence-electron chi connectivity index (χ4n) is 8.71. The highest BCUT2D eigenvalue weighted by Crippen LogP contribution is 2.43. The summed E-state index contributed by atoms with van der Waals surface area (Å²) in [6.45, 7) is 5.75. The van der Waals surface area contributed by atoms with Gasteiger partial charge in [0.25, 0.3) is 11.8 Å². The molecule has 0 aliphatic carbocycles. The Morgan fingerprint density at radius 2 is 1.50 bits per heavy atom. The lowest BCUT2D eigenvalue weighted by Crippen LogP contribution is -2.45. The van der Waals surface area contributed by atoms with Gasteiger partial charge in [-0.3, -0.25) is 19.4 Å². The summed E-state index contributed by atoms with van der Waals surface area (Å²) in [4.78, 5) is 36.3. The zero-order valence-corrected chi connectivity index (χ0v) is 32.2. The fraction of sp³-hybridized carbons (Fsp3) is 0.333. The van der Waals surface area contributed by atoms with E-state index in [0.29, 0.717) is 34.9 Å². The Morgan fingerprint density at radius 3 is 2.29 bits per heavy atom. The monoisotopic (exact) mass is 774 g/mol. The molecule has 1 saturated heterocycles. The largest absolute Gasteiger partial charge is 0.508 e. The van der Waals surface area contributed by atoms with E-state index in [1.54, 1.807) is 29.2 Å². The van der Waals surface area contributed by atoms with E-state index in [4.69, 9.17) is 14.2 Å². The van der Waals surface area contributed by atoms with E-state index in [1.165, 1.54) is 11.1 Å². The number of fused-ring (bicyclic) bond motifs is 3. The summed E-state index contributed by atoms with van der Waals surface area (Å²) in [5, 5.41) is 10.1. The summed E-state index contributed by atoms with van der Waals surface area (Å²) in [6.07, 6.45) is 5.34. The zero-order chi connectivity index (χ0) is 37.3. The van der Waals surface area contributed by atoms with E-state index in [9.17, 15) is 9.90 Å². The maximum absolute atomic E-state index is 15.2. The van der Waals surface area contributed by atoms with Crippen LogP contribution in [0.15, 0.2) is 97.1 Å². The SMILES string of the molecule is Cl.O=C(c1cc(-c2cc3c(cc2C(=O)N2Cc4ccccc4C[C@H]2CCCN2CCOCC2)OCO3)n2c1CCCC2)N(c1ccccc1)c1ccc(O)cc1. The number of morpholine rings is 1. The lowest BCUT2D eigenvalue weighted by Gasteiger charge is -2.38. The molecule has 0 radical (unpaired) electrons. The molecule has 5 heterocycles. The highest BCUT2D eigenvalue weighted by molar-refractivity contribution is 6.12. The molecule has 10 nitrogen and oxygen atoms in total. The van der Waals surface area contributed by atoms with Gasteiger partial charge in [0.05, 0.1) is 24.3 Å². The lowest BCUT2D eigenvalue weighted by atomic mass is 9.90. The van der Waals surface area contributed by atoms with Crippen LogP contribution >= 0.6 is 12.4 Å². The number of aromatic nitrogens is 1. The van der Waals surface area contributed by atoms with Crippen molar-refractivity contribution in [2.45, 2.75) is 57.7 Å². The van der Waals surface area contributed by atoms with Gasteiger partial charge in [0, 0.05) is 60.5 Å². The molecule has 4 aliphatic heterocycles. The second-order valence-electron chi connectivity index (χ2n) is 14.9. The number of phenolic OH excluding ortho intramolecular Hbond substituents is 1. The molecule has 4 aliphatic rings. The minimum Gasteiger partial charge on any atom is -0.508 e. The number of benzene rings is 4. The molecule has 5 aromatic rings. The van der Waals surface area contributed by atoms with Crippen molar-refractivity contribution in [1.29, 1.82) is 0 Å². The number of aromatic hydroxyl groups is 1. The van der Waals surface area contributed by atoms with Crippen LogP contribution in [0.2, 0.25) is 0 Å². The molecular weight excluding hydrogens is 728 g/mol. The third kappa shape index (κ3) is 7.36. The number of hydrogen-bond donors (Lipinski definition) is 1. The summed E-state index contributed by atoms with van der Waals surface area (Å²) in [7, 11) is 0. The van der Waals surface area contributed by atoms with Gasteiger partial charge in [-0.2, -0.15) is 0 Å². The van der Waals surface area contributed by atoms with Crippen molar-refractivity contribution < 1.29 is 28.9 Å². The number of hydrogen-bond acceptors (Lipinski definition) is 7. The summed E-state index contributed by atoms with van der Waals surface area (Å²) >= 11 is 0. The first-order valence-corrected chi connectivity index (χ1v) is 19.5. The molecule has 1 aromatic heterocycles. The number of carbonyl (C=O) groups excluding carboxylic acids is 2. The van der Waals surface area contributed by atoms with Gasteiger partial charge in [-0.1, -0.05) is 42.5 Å². The molecule has 1 fully saturated rings. The quantitative estimate of drug-likeness (QED) is 0.162. The third-order valence-electron chi connectivity index (χ3n) is 11.6. The predicted molar refractivity (Wildman–Crippen MR) is 217 cm³/mol. The number of phenols is 1. The van der Waals surface area contributed by atoms with Crippen LogP contribution < -0.4 is 14.4 Å². The van der Waals surface area contributed by atoms with E-state index in [1.807, 2.05) is 48.5 Å². The number of halogens is 1. The van der Waals surface area contributed by atoms with Gasteiger partial charge in [-0.05, 0) is 111 Å². The second kappa shape index (κ2) is 16.4. The Morgan fingerprint density at radius 1 is 0.786 bits per heavy atom. The van der Waals surface area contributed by atoms with Crippen molar-refractivity contribution in [3.63, 3.8) is 0 Å². The second-order valence-corrected chi connectivity index (χ2v) is 14.9. The van der Waals surface area contributed by atoms with Gasteiger partial charge in [-0.25, -0.2) is 0 Å². The molecule has 0 bridgehead atoms. The molecule has 2 amide bonds. The minimum atomic E-state index is -0.171. The first-order chi connectivity index (χ1) is 27.0. The normalized spacial score (nSPS) is 17.4. The van der Waals surface area contributed by atoms with Gasteiger partial charge in [0.15, 0.2) is 11.5 Å². The van der Waals surface area contributed by atoms with Crippen molar-refractivity contribution >= 4 is 35.6 Å². The number of rotatable bonds is 9. The van der Waals surface area contributed by atoms with Crippen molar-refractivity contribution in [1.82, 2.24) is 14.4 Å². The molecule has 1 atom stereocenters. The number of nitrogens with zero attached hydrogens (tertiary/aromatic N) is 4. The van der Waals surface area contributed by atoms with Gasteiger partial charge < -0.3 is 28.8 Å². The highest BCUT2D eigenvalue weighted by Gasteiger charge is 2.35. The van der Waals surface area contributed by atoms with E-state index in [-0.39, 0.29) is 42.8 Å². The molecule has 0 spiro atoms. The van der Waals surface area contributed by atoms with Gasteiger partial charge in [-0.15, -0.1) is 12.4 Å². The third-order valence-corrected chi connectivity index (χ3v) is 11.6. The maximum atomic E-state index is 15.2. The molecule has 0 saturated carbocycles. The van der Waals surface area contributed by atoms with Crippen LogP contribution in [0.5, 0.6) is 17.2 Å². The van der Waals surface area contributed by atoms with Crippen molar-refractivity contribution in [3.05, 3.63) is 125 Å². The number of carbonyl (C=O) groups is 2. The van der Waals surface area contributed by atoms with Gasteiger partial charge >= 0.3 is 0 Å². The van der Waals surface area contributed by atoms with Crippen molar-refractivity contribution in [2.24, 2.45) is 0 Å². The minimum absolute atomic E-state index is 0. The van der Waals surface area contributed by atoms with Crippen LogP contribution in [-0.4, -0.2) is 77.0 Å². The first-order valence-electron chi connectivity index (χ1n) is 19.5. The Kier molecular flexibility index (Phi) is 11.0. The Hall–Kier alpha value is -5.29. The van der Waals surface area contributed by atoms with Crippen LogP contribution in [-0.2, 0) is 30.7 Å². The first kappa shape index (κ1) is 37.6. The highest BCUT2D eigenvalue weighted by atomic mass is 35.5. The lowest BCUT2D eigenvalue weighted by molar-refractivity contribution is 0.0353. The molecule has 290 valence electrons. The number of para-hydroxylation sites is 1. The van der Waals surface area contributed by atoms with Crippen LogP contribution in [0.1, 0.15) is 63.2 Å². The number of anilines is 2. The van der Waals surface area contributed by atoms with E-state index >= 15 is 4.79 Å². The molecule has 9 rings (SSSR count). The molecule has 11 heteroatoms. The van der Waals surface area contributed by atoms with Crippen molar-refractivity contribution in [3.8, 4) is 28.5 Å². The molecule has 0 unspecified atom stereocenters. The maximum Gasteiger partial charge on any atom is 0.264 e. The smallest absolute Gasteiger partial charge is 0.264 e. The average Bonchev–Trinajstić information content (AvgIpc) is 3.86. The standard InChI is InChI=1S/C45H46N4O6.ClH/c50-36-17-15-34(16-18-36)49(33-11-2-1-3-12-33)45(52)39-26-41(47-20-7-6-14-40(39)47)37-27-42-43(55-30-54-42)28-38(37)44(51)48-29-32-10-5-4-9-31(32)25-35(48)13-8-19-46-21-23-53-24-22-46;/h1-5,9-12,15-18,26-28,35,50H,6-8,13-14,19-25,29-30H2;1H/t35-;/m1./s1. The Balaban J connectivity index is 0.00000441. The average molecular weight is 775 g/mol. The summed E-state index contributed by atoms with van der Waals surface area (Å²) in [5.74, 6) is 1.05. The summed E-state index contributed by atoms with van der Waals surface area (Å²) < 4.78 is 19.6. The molecule has 1 N–H and O–H groups in total. The predicted octanol–water partition coefficient (Wildman–Crippen LogP) is 8.01. The van der Waals surface area contributed by atoms with Gasteiger partial charge in [0.2, 0.25) is 6.79 Å². The number of amides is 2. The molecule has 4 aromatic carbocycles. The Bertz CT molecular complexity index is 2200. The van der Waals surface area contributed by atoms with E-state index < -0.39 is 0 Å². The van der Waals surface area contributed by atoms with Crippen LogP contribution in [0.3, 0.4) is 0 Å². The summed E-state index contributed by atoms with van der Waals surface area (Å²) in [6, 6.07) is 30.5. The topological polar surface area (TPSA) is 96.7 Å². The van der Waals surface area contributed by atoms with Gasteiger partial charge in [0.1, 0.15) is 5.75 Å². The van der Waals surface area contributed by atoms with Crippen LogP contribution in [0.25, 0.3) is 11.3 Å². The molecule has 56 heavy (non-hydrogen) atoms. The zero-order valence-electron chi connectivity index (χ0n) is 31.4. The van der Waals surface area contributed by atoms with E-state index in [2.05, 4.69) is 38.6 Å². The fourth-order valence-corrected chi connectivity index (χ4v) is 8.71.